The number of benzene rings is 1. The Bertz CT molecular complexity index is 614. The minimum absolute atomic E-state index is 0.447. The number of thioether (sulfide) groups is 1. The second kappa shape index (κ2) is 4.57. The van der Waals surface area contributed by atoms with Gasteiger partial charge in [0.25, 0.3) is 0 Å². The Hall–Kier alpha value is -1.49. The number of rotatable bonds is 3. The molecule has 16 heavy (non-hydrogen) atoms. The summed E-state index contributed by atoms with van der Waals surface area (Å²) in [6.45, 7) is 0.546. The van der Waals surface area contributed by atoms with Crippen molar-refractivity contribution in [1.82, 2.24) is 4.57 Å². The average molecular weight is 237 g/mol. The number of nitrogens with zero attached hydrogens (tertiary/aromatic N) is 1. The van der Waals surface area contributed by atoms with Crippen molar-refractivity contribution in [1.29, 1.82) is 0 Å². The second-order valence-corrected chi connectivity index (χ2v) is 4.30. The second-order valence-electron chi connectivity index (χ2n) is 3.32. The van der Waals surface area contributed by atoms with Crippen LogP contribution in [0.2, 0.25) is 0 Å². The van der Waals surface area contributed by atoms with Gasteiger partial charge < -0.3 is 4.42 Å². The van der Waals surface area contributed by atoms with E-state index in [1.807, 2.05) is 6.26 Å². The molecule has 2 aromatic rings. The molecule has 2 rings (SSSR count). The van der Waals surface area contributed by atoms with E-state index in [4.69, 9.17) is 0 Å². The molecule has 5 heteroatoms. The Morgan fingerprint density at radius 2 is 2.06 bits per heavy atom. The Kier molecular flexibility index (Phi) is 3.14. The Balaban J connectivity index is 2.72. The van der Waals surface area contributed by atoms with Gasteiger partial charge in [0.1, 0.15) is 0 Å². The van der Waals surface area contributed by atoms with Crippen LogP contribution in [0.15, 0.2) is 38.3 Å². The zero-order valence-electron chi connectivity index (χ0n) is 8.80. The number of fused-ring (bicyclic) bond motifs is 1. The molecular weight excluding hydrogens is 226 g/mol. The van der Waals surface area contributed by atoms with E-state index in [2.05, 4.69) is 4.42 Å². The number of hydrogen-bond acceptors (Lipinski definition) is 4. The predicted molar refractivity (Wildman–Crippen MR) is 65.1 cm³/mol. The molecule has 0 N–H and O–H groups in total. The van der Waals surface area contributed by atoms with Gasteiger partial charge >= 0.3 is 11.4 Å². The monoisotopic (exact) mass is 237 g/mol. The maximum absolute atomic E-state index is 11.5. The minimum Gasteiger partial charge on any atom is -0.372 e. The van der Waals surface area contributed by atoms with Crippen LogP contribution in [0.5, 0.6) is 0 Å². The van der Waals surface area contributed by atoms with Gasteiger partial charge in [0.2, 0.25) is 0 Å². The summed E-state index contributed by atoms with van der Waals surface area (Å²) in [5.41, 5.74) is 0.0683. The highest BCUT2D eigenvalue weighted by Gasteiger charge is 2.07. The first-order valence-corrected chi connectivity index (χ1v) is 6.25. The van der Waals surface area contributed by atoms with Crippen molar-refractivity contribution in [2.75, 3.05) is 12.0 Å². The third-order valence-electron chi connectivity index (χ3n) is 2.33. The van der Waals surface area contributed by atoms with Crippen molar-refractivity contribution in [3.8, 4) is 0 Å². The van der Waals surface area contributed by atoms with Gasteiger partial charge in [-0.05, 0) is 18.4 Å². The van der Waals surface area contributed by atoms with E-state index >= 15 is 0 Å². The SMILES string of the molecule is CSCCn1c(=O)oc(=O)c2ccccc21. The van der Waals surface area contributed by atoms with E-state index in [0.717, 1.165) is 5.75 Å². The first-order chi connectivity index (χ1) is 7.74. The molecule has 0 atom stereocenters. The van der Waals surface area contributed by atoms with E-state index in [1.54, 1.807) is 36.0 Å². The fraction of sp³-hybridized carbons (Fsp3) is 0.273. The number of para-hydroxylation sites is 1. The van der Waals surface area contributed by atoms with Gasteiger partial charge in [-0.2, -0.15) is 11.8 Å². The Morgan fingerprint density at radius 3 is 2.81 bits per heavy atom. The third-order valence-corrected chi connectivity index (χ3v) is 2.92. The lowest BCUT2D eigenvalue weighted by Gasteiger charge is -2.06. The lowest BCUT2D eigenvalue weighted by molar-refractivity contribution is 0.422. The lowest BCUT2D eigenvalue weighted by Crippen LogP contribution is -2.25. The van der Waals surface area contributed by atoms with Gasteiger partial charge in [-0.15, -0.1) is 0 Å². The van der Waals surface area contributed by atoms with Crippen LogP contribution in [-0.4, -0.2) is 16.6 Å². The molecule has 0 radical (unpaired) electrons. The first kappa shape index (κ1) is 11.0. The fourth-order valence-electron chi connectivity index (χ4n) is 1.56. The van der Waals surface area contributed by atoms with Crippen molar-refractivity contribution >= 4 is 22.7 Å². The van der Waals surface area contributed by atoms with Crippen LogP contribution in [0.25, 0.3) is 10.9 Å². The molecule has 1 aromatic carbocycles. The van der Waals surface area contributed by atoms with E-state index in [0.29, 0.717) is 17.4 Å². The molecule has 1 aromatic heterocycles. The maximum Gasteiger partial charge on any atom is 0.422 e. The molecule has 0 aliphatic rings. The maximum atomic E-state index is 11.5. The standard InChI is InChI=1S/C11H11NO3S/c1-16-7-6-12-9-5-3-2-4-8(9)10(13)15-11(12)14/h2-5H,6-7H2,1H3. The molecule has 1 heterocycles. The summed E-state index contributed by atoms with van der Waals surface area (Å²) in [6.07, 6.45) is 1.96. The summed E-state index contributed by atoms with van der Waals surface area (Å²) >= 11 is 1.64. The van der Waals surface area contributed by atoms with Gasteiger partial charge in [-0.3, -0.25) is 4.57 Å². The fourth-order valence-corrected chi connectivity index (χ4v) is 1.93. The molecule has 0 saturated heterocycles. The van der Waals surface area contributed by atoms with Crippen molar-refractivity contribution < 1.29 is 4.42 Å². The van der Waals surface area contributed by atoms with E-state index < -0.39 is 11.4 Å². The highest BCUT2D eigenvalue weighted by atomic mass is 32.2. The molecular formula is C11H11NO3S. The minimum atomic E-state index is -0.585. The number of aromatic nitrogens is 1. The van der Waals surface area contributed by atoms with Gasteiger partial charge in [0, 0.05) is 12.3 Å². The summed E-state index contributed by atoms with van der Waals surface area (Å²) in [5.74, 6) is 0.218. The molecule has 0 unspecified atom stereocenters. The van der Waals surface area contributed by atoms with Crippen LogP contribution in [-0.2, 0) is 6.54 Å². The number of aryl methyl sites for hydroxylation is 1. The highest BCUT2D eigenvalue weighted by molar-refractivity contribution is 7.98. The summed E-state index contributed by atoms with van der Waals surface area (Å²) < 4.78 is 6.15. The molecule has 0 amide bonds. The van der Waals surface area contributed by atoms with E-state index in [1.165, 1.54) is 4.57 Å². The van der Waals surface area contributed by atoms with Crippen LogP contribution in [0.4, 0.5) is 0 Å². The average Bonchev–Trinajstić information content (AvgIpc) is 2.29. The van der Waals surface area contributed by atoms with Crippen molar-refractivity contribution in [2.24, 2.45) is 0 Å². The van der Waals surface area contributed by atoms with E-state index in [-0.39, 0.29) is 0 Å². The normalized spacial score (nSPS) is 10.8. The molecule has 4 nitrogen and oxygen atoms in total. The van der Waals surface area contributed by atoms with Gasteiger partial charge in [-0.25, -0.2) is 9.59 Å². The highest BCUT2D eigenvalue weighted by Crippen LogP contribution is 2.07. The van der Waals surface area contributed by atoms with Gasteiger partial charge in [-0.1, -0.05) is 12.1 Å². The van der Waals surface area contributed by atoms with Crippen LogP contribution in [0.3, 0.4) is 0 Å². The summed E-state index contributed by atoms with van der Waals surface area (Å²) in [5, 5.41) is 0.447. The zero-order valence-corrected chi connectivity index (χ0v) is 9.62. The molecule has 0 aliphatic heterocycles. The summed E-state index contributed by atoms with van der Waals surface area (Å²) in [7, 11) is 0. The van der Waals surface area contributed by atoms with Crippen molar-refractivity contribution in [3.05, 3.63) is 45.2 Å². The Labute approximate surface area is 95.9 Å². The predicted octanol–water partition coefficient (Wildman–Crippen LogP) is 1.32. The molecule has 0 fully saturated rings. The van der Waals surface area contributed by atoms with Crippen molar-refractivity contribution in [3.63, 3.8) is 0 Å². The summed E-state index contributed by atoms with van der Waals surface area (Å²) in [6, 6.07) is 6.98. The topological polar surface area (TPSA) is 52.2 Å². The van der Waals surface area contributed by atoms with Crippen LogP contribution < -0.4 is 11.4 Å². The smallest absolute Gasteiger partial charge is 0.372 e. The zero-order chi connectivity index (χ0) is 11.5. The Morgan fingerprint density at radius 1 is 1.31 bits per heavy atom. The number of hydrogen-bond donors (Lipinski definition) is 0. The van der Waals surface area contributed by atoms with Crippen molar-refractivity contribution in [2.45, 2.75) is 6.54 Å². The molecule has 0 bridgehead atoms. The molecule has 84 valence electrons. The van der Waals surface area contributed by atoms with Gasteiger partial charge in [0.05, 0.1) is 10.9 Å². The quantitative estimate of drug-likeness (QED) is 0.807. The largest absolute Gasteiger partial charge is 0.422 e. The van der Waals surface area contributed by atoms with Crippen LogP contribution in [0.1, 0.15) is 0 Å². The van der Waals surface area contributed by atoms with Crippen LogP contribution in [0, 0.1) is 0 Å². The third kappa shape index (κ3) is 1.90. The first-order valence-electron chi connectivity index (χ1n) is 4.85. The van der Waals surface area contributed by atoms with E-state index in [9.17, 15) is 9.59 Å². The molecule has 0 spiro atoms. The summed E-state index contributed by atoms with van der Waals surface area (Å²) in [4.78, 5) is 23.0. The molecule has 0 aliphatic carbocycles. The lowest BCUT2D eigenvalue weighted by atomic mass is 10.2. The van der Waals surface area contributed by atoms with Crippen LogP contribution >= 0.6 is 11.8 Å². The van der Waals surface area contributed by atoms with Gasteiger partial charge in [0.15, 0.2) is 0 Å². The molecule has 0 saturated carbocycles.